The molecule has 0 bridgehead atoms. The predicted molar refractivity (Wildman–Crippen MR) is 74.3 cm³/mol. The summed E-state index contributed by atoms with van der Waals surface area (Å²) in [7, 11) is 0. The zero-order valence-corrected chi connectivity index (χ0v) is 12.2. The monoisotopic (exact) mass is 281 g/mol. The Bertz CT molecular complexity index is 469. The van der Waals surface area contributed by atoms with Crippen molar-refractivity contribution in [2.75, 3.05) is 19.7 Å². The number of amides is 1. The van der Waals surface area contributed by atoms with Gasteiger partial charge in [-0.3, -0.25) is 4.79 Å². The molecule has 2 heterocycles. The van der Waals surface area contributed by atoms with E-state index >= 15 is 0 Å². The van der Waals surface area contributed by atoms with Crippen molar-refractivity contribution in [1.29, 1.82) is 0 Å². The van der Waals surface area contributed by atoms with Crippen LogP contribution in [0.1, 0.15) is 34.3 Å². The average Bonchev–Trinajstić information content (AvgIpc) is 2.82. The molecular formula is C14H19NO3S. The van der Waals surface area contributed by atoms with Gasteiger partial charge in [0.2, 0.25) is 0 Å². The number of carbonyl (C=O) groups excluding carboxylic acids is 2. The Morgan fingerprint density at radius 2 is 2.26 bits per heavy atom. The zero-order chi connectivity index (χ0) is 13.8. The lowest BCUT2D eigenvalue weighted by molar-refractivity contribution is -0.136. The van der Waals surface area contributed by atoms with E-state index in [0.29, 0.717) is 10.8 Å². The number of carbonyl (C=O) groups is 2. The number of rotatable bonds is 3. The second kappa shape index (κ2) is 6.19. The average molecular weight is 281 g/mol. The van der Waals surface area contributed by atoms with Crippen molar-refractivity contribution in [3.63, 3.8) is 0 Å². The van der Waals surface area contributed by atoms with Gasteiger partial charge in [0.1, 0.15) is 4.88 Å². The largest absolute Gasteiger partial charge is 0.451 e. The third-order valence-electron chi connectivity index (χ3n) is 3.28. The van der Waals surface area contributed by atoms with Gasteiger partial charge in [-0.2, -0.15) is 0 Å². The number of aryl methyl sites for hydroxylation is 1. The van der Waals surface area contributed by atoms with Crippen molar-refractivity contribution in [1.82, 2.24) is 4.90 Å². The van der Waals surface area contributed by atoms with E-state index < -0.39 is 5.97 Å². The lowest BCUT2D eigenvalue weighted by atomic mass is 10.0. The first-order chi connectivity index (χ1) is 9.06. The lowest BCUT2D eigenvalue weighted by Gasteiger charge is -2.30. The Balaban J connectivity index is 1.81. The van der Waals surface area contributed by atoms with Gasteiger partial charge in [0.05, 0.1) is 0 Å². The minimum Gasteiger partial charge on any atom is -0.451 e. The molecule has 1 aliphatic rings. The van der Waals surface area contributed by atoms with Crippen molar-refractivity contribution in [3.05, 3.63) is 21.9 Å². The van der Waals surface area contributed by atoms with Crippen LogP contribution in [0.15, 0.2) is 12.1 Å². The summed E-state index contributed by atoms with van der Waals surface area (Å²) >= 11 is 1.38. The molecule has 1 aliphatic heterocycles. The van der Waals surface area contributed by atoms with Crippen LogP contribution in [0.3, 0.4) is 0 Å². The topological polar surface area (TPSA) is 46.6 Å². The number of nitrogens with zero attached hydrogens (tertiary/aromatic N) is 1. The van der Waals surface area contributed by atoms with Gasteiger partial charge < -0.3 is 9.64 Å². The maximum absolute atomic E-state index is 11.9. The molecule has 104 valence electrons. The Morgan fingerprint density at radius 3 is 2.89 bits per heavy atom. The molecule has 0 aliphatic carbocycles. The quantitative estimate of drug-likeness (QED) is 0.800. The third kappa shape index (κ3) is 3.80. The number of piperidine rings is 1. The van der Waals surface area contributed by atoms with E-state index in [-0.39, 0.29) is 12.5 Å². The van der Waals surface area contributed by atoms with Gasteiger partial charge in [-0.1, -0.05) is 6.92 Å². The van der Waals surface area contributed by atoms with Crippen LogP contribution in [-0.4, -0.2) is 36.5 Å². The molecule has 1 aromatic rings. The molecule has 2 rings (SSSR count). The molecule has 0 saturated carbocycles. The number of hydrogen-bond donors (Lipinski definition) is 0. The molecule has 1 amide bonds. The van der Waals surface area contributed by atoms with Crippen LogP contribution >= 0.6 is 11.3 Å². The molecule has 0 N–H and O–H groups in total. The number of thiophene rings is 1. The van der Waals surface area contributed by atoms with Crippen LogP contribution < -0.4 is 0 Å². The van der Waals surface area contributed by atoms with Gasteiger partial charge >= 0.3 is 5.97 Å². The van der Waals surface area contributed by atoms with E-state index in [2.05, 4.69) is 6.92 Å². The summed E-state index contributed by atoms with van der Waals surface area (Å²) in [4.78, 5) is 27.1. The van der Waals surface area contributed by atoms with E-state index in [1.165, 1.54) is 11.3 Å². The first kappa shape index (κ1) is 14.1. The number of hydrogen-bond acceptors (Lipinski definition) is 4. The standard InChI is InChI=1S/C14H19NO3S/c1-10-4-3-7-15(8-10)13(16)9-18-14(17)12-6-5-11(2)19-12/h5-6,10H,3-4,7-9H2,1-2H3/t10-/m0/s1. The van der Waals surface area contributed by atoms with Crippen molar-refractivity contribution in [2.24, 2.45) is 5.92 Å². The van der Waals surface area contributed by atoms with Gasteiger partial charge in [-0.25, -0.2) is 4.79 Å². The fourth-order valence-electron chi connectivity index (χ4n) is 2.25. The van der Waals surface area contributed by atoms with Gasteiger partial charge in [0.15, 0.2) is 6.61 Å². The predicted octanol–water partition coefficient (Wildman–Crippen LogP) is 2.47. The summed E-state index contributed by atoms with van der Waals surface area (Å²) in [5, 5.41) is 0. The van der Waals surface area contributed by atoms with Crippen molar-refractivity contribution >= 4 is 23.2 Å². The van der Waals surface area contributed by atoms with E-state index in [4.69, 9.17) is 4.74 Å². The summed E-state index contributed by atoms with van der Waals surface area (Å²) in [5.74, 6) is 0.0398. The van der Waals surface area contributed by atoms with Crippen LogP contribution in [-0.2, 0) is 9.53 Å². The summed E-state index contributed by atoms with van der Waals surface area (Å²) in [6, 6.07) is 3.60. The fraction of sp³-hybridized carbons (Fsp3) is 0.571. The van der Waals surface area contributed by atoms with Crippen LogP contribution in [0, 0.1) is 12.8 Å². The highest BCUT2D eigenvalue weighted by atomic mass is 32.1. The molecule has 1 atom stereocenters. The number of ether oxygens (including phenoxy) is 1. The molecule has 0 aromatic carbocycles. The molecule has 0 radical (unpaired) electrons. The van der Waals surface area contributed by atoms with Crippen molar-refractivity contribution in [2.45, 2.75) is 26.7 Å². The highest BCUT2D eigenvalue weighted by Crippen LogP contribution is 2.17. The van der Waals surface area contributed by atoms with Crippen molar-refractivity contribution in [3.8, 4) is 0 Å². The molecule has 1 fully saturated rings. The third-order valence-corrected chi connectivity index (χ3v) is 4.26. The molecular weight excluding hydrogens is 262 g/mol. The fourth-order valence-corrected chi connectivity index (χ4v) is 3.01. The maximum atomic E-state index is 11.9. The van der Waals surface area contributed by atoms with Crippen LogP contribution in [0.4, 0.5) is 0 Å². The summed E-state index contributed by atoms with van der Waals surface area (Å²) in [5.41, 5.74) is 0. The minimum atomic E-state index is -0.406. The highest BCUT2D eigenvalue weighted by molar-refractivity contribution is 7.13. The first-order valence-electron chi connectivity index (χ1n) is 6.57. The van der Waals surface area contributed by atoms with Gasteiger partial charge in [-0.15, -0.1) is 11.3 Å². The Hall–Kier alpha value is -1.36. The van der Waals surface area contributed by atoms with E-state index in [9.17, 15) is 9.59 Å². The first-order valence-corrected chi connectivity index (χ1v) is 7.39. The molecule has 0 spiro atoms. The van der Waals surface area contributed by atoms with Gasteiger partial charge in [0.25, 0.3) is 5.91 Å². The number of esters is 1. The Kier molecular flexibility index (Phi) is 4.58. The minimum absolute atomic E-state index is 0.0896. The van der Waals surface area contributed by atoms with Crippen LogP contribution in [0.25, 0.3) is 0 Å². The summed E-state index contributed by atoms with van der Waals surface area (Å²) in [6.07, 6.45) is 2.20. The van der Waals surface area contributed by atoms with Crippen molar-refractivity contribution < 1.29 is 14.3 Å². The maximum Gasteiger partial charge on any atom is 0.348 e. The Labute approximate surface area is 117 Å². The molecule has 0 unspecified atom stereocenters. The van der Waals surface area contributed by atoms with Gasteiger partial charge in [-0.05, 0) is 37.8 Å². The zero-order valence-electron chi connectivity index (χ0n) is 11.3. The van der Waals surface area contributed by atoms with Gasteiger partial charge in [0, 0.05) is 18.0 Å². The number of likely N-dealkylation sites (tertiary alicyclic amines) is 1. The summed E-state index contributed by atoms with van der Waals surface area (Å²) < 4.78 is 5.07. The molecule has 1 aromatic heterocycles. The lowest BCUT2D eigenvalue weighted by Crippen LogP contribution is -2.41. The molecule has 19 heavy (non-hydrogen) atoms. The Morgan fingerprint density at radius 1 is 1.47 bits per heavy atom. The normalized spacial score (nSPS) is 19.3. The van der Waals surface area contributed by atoms with E-state index in [1.54, 1.807) is 11.0 Å². The second-order valence-corrected chi connectivity index (χ2v) is 6.36. The smallest absolute Gasteiger partial charge is 0.348 e. The molecule has 5 heteroatoms. The second-order valence-electron chi connectivity index (χ2n) is 5.07. The van der Waals surface area contributed by atoms with E-state index in [1.807, 2.05) is 13.0 Å². The molecule has 1 saturated heterocycles. The van der Waals surface area contributed by atoms with Crippen LogP contribution in [0.5, 0.6) is 0 Å². The molecule has 4 nitrogen and oxygen atoms in total. The SMILES string of the molecule is Cc1ccc(C(=O)OCC(=O)N2CCC[C@H](C)C2)s1. The highest BCUT2D eigenvalue weighted by Gasteiger charge is 2.22. The van der Waals surface area contributed by atoms with E-state index in [0.717, 1.165) is 30.8 Å². The summed E-state index contributed by atoms with van der Waals surface area (Å²) in [6.45, 7) is 5.47. The van der Waals surface area contributed by atoms with Crippen LogP contribution in [0.2, 0.25) is 0 Å².